The van der Waals surface area contributed by atoms with E-state index in [9.17, 15) is 4.79 Å². The Morgan fingerprint density at radius 3 is 2.57 bits per heavy atom. The lowest BCUT2D eigenvalue weighted by molar-refractivity contribution is 0.0608. The predicted octanol–water partition coefficient (Wildman–Crippen LogP) is 4.57. The smallest absolute Gasteiger partial charge is 0.254 e. The molecule has 21 heavy (non-hydrogen) atoms. The van der Waals surface area contributed by atoms with E-state index in [0.29, 0.717) is 10.6 Å². The highest BCUT2D eigenvalue weighted by molar-refractivity contribution is 8.19. The number of hydrogen-bond donors (Lipinski definition) is 0. The van der Waals surface area contributed by atoms with Gasteiger partial charge >= 0.3 is 0 Å². The van der Waals surface area contributed by atoms with Crippen molar-refractivity contribution in [2.45, 2.75) is 43.2 Å². The first-order valence-electron chi connectivity index (χ1n) is 7.93. The molecule has 1 atom stereocenters. The normalized spacial score (nSPS) is 23.5. The van der Waals surface area contributed by atoms with Crippen molar-refractivity contribution in [3.8, 4) is 0 Å². The van der Waals surface area contributed by atoms with Crippen LogP contribution in [0.4, 0.5) is 0 Å². The Hall–Kier alpha value is -0.610. The van der Waals surface area contributed by atoms with E-state index in [-0.39, 0.29) is 5.91 Å². The zero-order valence-electron chi connectivity index (χ0n) is 12.6. The van der Waals surface area contributed by atoms with Crippen molar-refractivity contribution in [1.82, 2.24) is 4.90 Å². The first-order valence-corrected chi connectivity index (χ1v) is 10.0. The van der Waals surface area contributed by atoms with Gasteiger partial charge < -0.3 is 4.90 Å². The second-order valence-corrected chi connectivity index (χ2v) is 8.48. The van der Waals surface area contributed by atoms with Crippen molar-refractivity contribution in [3.05, 3.63) is 35.4 Å². The minimum Gasteiger partial charge on any atom is -0.336 e. The largest absolute Gasteiger partial charge is 0.336 e. The van der Waals surface area contributed by atoms with Crippen LogP contribution in [0.15, 0.2) is 24.3 Å². The van der Waals surface area contributed by atoms with Gasteiger partial charge in [0.2, 0.25) is 0 Å². The van der Waals surface area contributed by atoms with Gasteiger partial charge in [0.05, 0.1) is 4.58 Å². The number of carbonyl (C=O) groups is 1. The van der Waals surface area contributed by atoms with Gasteiger partial charge in [-0.2, -0.15) is 0 Å². The maximum atomic E-state index is 12.7. The average molecular weight is 322 g/mol. The van der Waals surface area contributed by atoms with Crippen LogP contribution in [0.1, 0.15) is 53.1 Å². The number of carbonyl (C=O) groups excluding carboxylic acids is 1. The number of hydrogen-bond acceptors (Lipinski definition) is 3. The van der Waals surface area contributed by atoms with Crippen LogP contribution in [0.2, 0.25) is 0 Å². The van der Waals surface area contributed by atoms with Crippen LogP contribution in [0.3, 0.4) is 0 Å². The van der Waals surface area contributed by atoms with Crippen molar-refractivity contribution in [1.29, 1.82) is 0 Å². The van der Waals surface area contributed by atoms with Crippen molar-refractivity contribution >= 4 is 29.4 Å². The van der Waals surface area contributed by atoms with Crippen LogP contribution in [0.25, 0.3) is 0 Å². The molecule has 1 unspecified atom stereocenters. The van der Waals surface area contributed by atoms with Gasteiger partial charge in [0.15, 0.2) is 0 Å². The Labute approximate surface area is 136 Å². The first-order chi connectivity index (χ1) is 10.3. The highest BCUT2D eigenvalue weighted by Gasteiger charge is 2.26. The topological polar surface area (TPSA) is 20.3 Å². The number of likely N-dealkylation sites (tertiary alicyclic amines) is 1. The van der Waals surface area contributed by atoms with Gasteiger partial charge in [-0.15, -0.1) is 23.5 Å². The fourth-order valence-corrected chi connectivity index (χ4v) is 6.05. The molecule has 2 saturated heterocycles. The summed E-state index contributed by atoms with van der Waals surface area (Å²) in [5.74, 6) is 2.70. The van der Waals surface area contributed by atoms with E-state index < -0.39 is 0 Å². The highest BCUT2D eigenvalue weighted by atomic mass is 32.2. The third-order valence-electron chi connectivity index (χ3n) is 4.41. The van der Waals surface area contributed by atoms with Crippen molar-refractivity contribution in [2.75, 3.05) is 18.1 Å². The number of thioether (sulfide) groups is 2. The van der Waals surface area contributed by atoms with Gasteiger partial charge in [-0.3, -0.25) is 4.79 Å². The molecule has 2 fully saturated rings. The number of benzene rings is 1. The molecule has 0 N–H and O–H groups in total. The third kappa shape index (κ3) is 3.42. The lowest BCUT2D eigenvalue weighted by Gasteiger charge is -2.35. The van der Waals surface area contributed by atoms with Crippen LogP contribution in [0.5, 0.6) is 0 Å². The molecule has 0 saturated carbocycles. The Kier molecular flexibility index (Phi) is 5.17. The SMILES string of the molecule is CCC1CCCCN1C(=O)c1ccc(C2SCCS2)cc1. The molecule has 1 amide bonds. The van der Waals surface area contributed by atoms with E-state index in [2.05, 4.69) is 24.0 Å². The van der Waals surface area contributed by atoms with Crippen LogP contribution in [0, 0.1) is 0 Å². The fraction of sp³-hybridized carbons (Fsp3) is 0.588. The number of rotatable bonds is 3. The van der Waals surface area contributed by atoms with Crippen LogP contribution in [-0.4, -0.2) is 34.9 Å². The maximum Gasteiger partial charge on any atom is 0.254 e. The Morgan fingerprint density at radius 1 is 1.19 bits per heavy atom. The van der Waals surface area contributed by atoms with E-state index in [1.165, 1.54) is 23.5 Å². The summed E-state index contributed by atoms with van der Waals surface area (Å²) >= 11 is 4.02. The van der Waals surface area contributed by atoms with Gasteiger partial charge in [-0.05, 0) is 43.4 Å². The molecule has 2 nitrogen and oxygen atoms in total. The standard InChI is InChI=1S/C17H23NOS2/c1-2-15-5-3-4-10-18(15)16(19)13-6-8-14(9-7-13)17-20-11-12-21-17/h6-9,15,17H,2-5,10-12H2,1H3. The molecule has 114 valence electrons. The Morgan fingerprint density at radius 2 is 1.90 bits per heavy atom. The van der Waals surface area contributed by atoms with E-state index in [1.54, 1.807) is 0 Å². The molecule has 2 heterocycles. The molecule has 0 spiro atoms. The van der Waals surface area contributed by atoms with E-state index >= 15 is 0 Å². The predicted molar refractivity (Wildman–Crippen MR) is 93.1 cm³/mol. The molecule has 2 aliphatic heterocycles. The van der Waals surface area contributed by atoms with Crippen LogP contribution in [-0.2, 0) is 0 Å². The lowest BCUT2D eigenvalue weighted by Crippen LogP contribution is -2.43. The molecule has 4 heteroatoms. The summed E-state index contributed by atoms with van der Waals surface area (Å²) in [5, 5.41) is 0. The summed E-state index contributed by atoms with van der Waals surface area (Å²) < 4.78 is 0.563. The number of piperidine rings is 1. The molecule has 3 rings (SSSR count). The molecular formula is C17H23NOS2. The summed E-state index contributed by atoms with van der Waals surface area (Å²) in [7, 11) is 0. The van der Waals surface area contributed by atoms with Gasteiger partial charge in [-0.1, -0.05) is 19.1 Å². The highest BCUT2D eigenvalue weighted by Crippen LogP contribution is 2.45. The summed E-state index contributed by atoms with van der Waals surface area (Å²) in [5.41, 5.74) is 2.21. The minimum absolute atomic E-state index is 0.222. The summed E-state index contributed by atoms with van der Waals surface area (Å²) in [6.45, 7) is 3.11. The monoisotopic (exact) mass is 321 g/mol. The quantitative estimate of drug-likeness (QED) is 0.813. The van der Waals surface area contributed by atoms with Gasteiger partial charge in [0, 0.05) is 29.7 Å². The van der Waals surface area contributed by atoms with Gasteiger partial charge in [-0.25, -0.2) is 0 Å². The van der Waals surface area contributed by atoms with Crippen molar-refractivity contribution < 1.29 is 4.79 Å². The van der Waals surface area contributed by atoms with Crippen LogP contribution >= 0.6 is 23.5 Å². The molecule has 1 aromatic rings. The minimum atomic E-state index is 0.222. The average Bonchev–Trinajstić information content (AvgIpc) is 3.09. The fourth-order valence-electron chi connectivity index (χ4n) is 3.19. The Bertz CT molecular complexity index is 482. The summed E-state index contributed by atoms with van der Waals surface area (Å²) in [4.78, 5) is 14.8. The zero-order valence-corrected chi connectivity index (χ0v) is 14.2. The van der Waals surface area contributed by atoms with E-state index in [0.717, 1.165) is 31.4 Å². The second-order valence-electron chi connectivity index (χ2n) is 5.75. The first kappa shape index (κ1) is 15.3. The van der Waals surface area contributed by atoms with Crippen molar-refractivity contribution in [3.63, 3.8) is 0 Å². The van der Waals surface area contributed by atoms with Gasteiger partial charge in [0.25, 0.3) is 5.91 Å². The van der Waals surface area contributed by atoms with Crippen molar-refractivity contribution in [2.24, 2.45) is 0 Å². The maximum absolute atomic E-state index is 12.7. The zero-order chi connectivity index (χ0) is 14.7. The molecule has 0 aliphatic carbocycles. The molecule has 0 aromatic heterocycles. The molecular weight excluding hydrogens is 298 g/mol. The van der Waals surface area contributed by atoms with E-state index in [4.69, 9.17) is 0 Å². The van der Waals surface area contributed by atoms with E-state index in [1.807, 2.05) is 35.7 Å². The molecule has 1 aromatic carbocycles. The second kappa shape index (κ2) is 7.10. The lowest BCUT2D eigenvalue weighted by atomic mass is 9.98. The molecule has 0 bridgehead atoms. The Balaban J connectivity index is 1.71. The number of nitrogens with zero attached hydrogens (tertiary/aromatic N) is 1. The summed E-state index contributed by atoms with van der Waals surface area (Å²) in [6, 6.07) is 8.78. The van der Waals surface area contributed by atoms with Crippen LogP contribution < -0.4 is 0 Å². The molecule has 2 aliphatic rings. The third-order valence-corrected chi connectivity index (χ3v) is 7.52. The molecule has 0 radical (unpaired) electrons. The summed E-state index contributed by atoms with van der Waals surface area (Å²) in [6.07, 6.45) is 4.64. The van der Waals surface area contributed by atoms with Gasteiger partial charge in [0.1, 0.15) is 0 Å². The number of amides is 1.